The van der Waals surface area contributed by atoms with Gasteiger partial charge in [0.25, 0.3) is 0 Å². The van der Waals surface area contributed by atoms with Gasteiger partial charge in [-0.05, 0) is 63.5 Å². The van der Waals surface area contributed by atoms with E-state index in [0.717, 1.165) is 27.1 Å². The monoisotopic (exact) mass is 727 g/mol. The summed E-state index contributed by atoms with van der Waals surface area (Å²) in [4.78, 5) is 77.3. The van der Waals surface area contributed by atoms with Crippen molar-refractivity contribution in [2.24, 2.45) is 0 Å². The molecule has 0 saturated carbocycles. The van der Waals surface area contributed by atoms with Crippen molar-refractivity contribution >= 4 is 106 Å². The molecule has 3 aromatic heterocycles. The van der Waals surface area contributed by atoms with Crippen LogP contribution < -0.4 is 0 Å². The molecule has 0 fully saturated rings. The van der Waals surface area contributed by atoms with Gasteiger partial charge in [0, 0.05) is 22.3 Å². The Morgan fingerprint density at radius 3 is 1.34 bits per heavy atom. The van der Waals surface area contributed by atoms with Crippen molar-refractivity contribution in [3.05, 3.63) is 152 Å². The maximum absolute atomic E-state index is 13.8. The Labute approximate surface area is 307 Å². The van der Waals surface area contributed by atoms with Gasteiger partial charge in [0.05, 0.1) is 20.5 Å². The number of carbonyl (C=O) groups excluding carboxylic acids is 5. The molecule has 9 nitrogen and oxygen atoms in total. The average Bonchev–Trinajstić information content (AvgIpc) is 3.95. The van der Waals surface area contributed by atoms with Crippen LogP contribution in [0.4, 0.5) is 4.79 Å². The van der Waals surface area contributed by atoms with Gasteiger partial charge in [-0.2, -0.15) is 0 Å². The maximum atomic E-state index is 13.8. The fourth-order valence-corrected chi connectivity index (χ4v) is 9.07. The van der Waals surface area contributed by atoms with Crippen molar-refractivity contribution in [3.8, 4) is 0 Å². The molecule has 8 aromatic rings. The average molecular weight is 728 g/mol. The molecule has 0 aliphatic heterocycles. The summed E-state index contributed by atoms with van der Waals surface area (Å²) in [6.07, 6.45) is 2.20. The zero-order chi connectivity index (χ0) is 36.0. The van der Waals surface area contributed by atoms with E-state index < -0.39 is 29.2 Å². The SMILES string of the molecule is O=C1C(=Cc2nc3c(s2)c2sc(C=C4C(=O)c5cc6ccccc6cc5C4=O)nc2n3C(=O)OCc2ccccc2)C(=O)c2cc3ccccc3cc21. The summed E-state index contributed by atoms with van der Waals surface area (Å²) >= 11 is 2.39. The van der Waals surface area contributed by atoms with Crippen LogP contribution in [0, 0.1) is 0 Å². The van der Waals surface area contributed by atoms with E-state index in [2.05, 4.69) is 0 Å². The van der Waals surface area contributed by atoms with E-state index in [0.29, 0.717) is 41.7 Å². The topological polar surface area (TPSA) is 125 Å². The summed E-state index contributed by atoms with van der Waals surface area (Å²) in [6.45, 7) is -0.00579. The molecule has 3 heterocycles. The highest BCUT2D eigenvalue weighted by molar-refractivity contribution is 7.27. The van der Waals surface area contributed by atoms with Crippen molar-refractivity contribution in [2.45, 2.75) is 6.61 Å². The smallest absolute Gasteiger partial charge is 0.421 e. The van der Waals surface area contributed by atoms with Gasteiger partial charge in [-0.15, -0.1) is 22.7 Å². The van der Waals surface area contributed by atoms with Gasteiger partial charge < -0.3 is 4.74 Å². The van der Waals surface area contributed by atoms with Crippen LogP contribution in [0.3, 0.4) is 0 Å². The molecule has 0 saturated heterocycles. The number of hydrogen-bond donors (Lipinski definition) is 0. The van der Waals surface area contributed by atoms with Gasteiger partial charge >= 0.3 is 6.09 Å². The van der Waals surface area contributed by atoms with Crippen molar-refractivity contribution in [3.63, 3.8) is 0 Å². The van der Waals surface area contributed by atoms with Crippen LogP contribution in [0.5, 0.6) is 0 Å². The lowest BCUT2D eigenvalue weighted by Crippen LogP contribution is -2.14. The fourth-order valence-electron chi connectivity index (χ4n) is 6.96. The molecule has 0 unspecified atom stereocenters. The minimum atomic E-state index is -0.734. The van der Waals surface area contributed by atoms with Gasteiger partial charge in [0.15, 0.2) is 34.4 Å². The normalized spacial score (nSPS) is 13.9. The number of hydrogen-bond acceptors (Lipinski definition) is 10. The molecule has 252 valence electrons. The van der Waals surface area contributed by atoms with Crippen LogP contribution in [0.2, 0.25) is 0 Å². The molecule has 5 aromatic carbocycles. The van der Waals surface area contributed by atoms with Gasteiger partial charge in [0.2, 0.25) is 0 Å². The molecule has 10 rings (SSSR count). The minimum Gasteiger partial charge on any atom is -0.444 e. The number of allylic oxidation sites excluding steroid dienone is 2. The molecular formula is C42H21N3O6S2. The highest BCUT2D eigenvalue weighted by Crippen LogP contribution is 2.40. The van der Waals surface area contributed by atoms with E-state index in [4.69, 9.17) is 14.7 Å². The number of fused-ring (bicyclic) bond motifs is 7. The Morgan fingerprint density at radius 1 is 0.566 bits per heavy atom. The van der Waals surface area contributed by atoms with Crippen molar-refractivity contribution in [1.29, 1.82) is 0 Å². The second-order valence-electron chi connectivity index (χ2n) is 12.7. The predicted octanol–water partition coefficient (Wildman–Crippen LogP) is 9.12. The molecule has 53 heavy (non-hydrogen) atoms. The van der Waals surface area contributed by atoms with Crippen LogP contribution in [-0.4, -0.2) is 43.8 Å². The van der Waals surface area contributed by atoms with E-state index in [1.165, 1.54) is 39.4 Å². The summed E-state index contributed by atoms with van der Waals surface area (Å²) in [7, 11) is 0. The van der Waals surface area contributed by atoms with Gasteiger partial charge in [-0.3, -0.25) is 19.2 Å². The molecule has 0 bridgehead atoms. The van der Waals surface area contributed by atoms with Crippen LogP contribution in [-0.2, 0) is 11.3 Å². The van der Waals surface area contributed by atoms with E-state index in [-0.39, 0.29) is 29.0 Å². The molecule has 0 spiro atoms. The molecule has 0 radical (unpaired) electrons. The summed E-state index contributed by atoms with van der Waals surface area (Å²) in [6, 6.07) is 31.2. The Morgan fingerprint density at radius 2 is 0.943 bits per heavy atom. The fraction of sp³-hybridized carbons (Fsp3) is 0.0238. The first-order valence-corrected chi connectivity index (χ1v) is 18.2. The number of nitrogens with zero attached hydrogens (tertiary/aromatic N) is 3. The first-order valence-electron chi connectivity index (χ1n) is 16.5. The van der Waals surface area contributed by atoms with E-state index in [9.17, 15) is 24.0 Å². The number of aromatic nitrogens is 3. The molecule has 2 aliphatic rings. The number of Topliss-reactive ketones (excluding diaryl/α,β-unsaturated/α-hetero) is 4. The lowest BCUT2D eigenvalue weighted by molar-refractivity contribution is 0.0975. The van der Waals surface area contributed by atoms with Gasteiger partial charge in [-0.25, -0.2) is 19.3 Å². The van der Waals surface area contributed by atoms with Crippen LogP contribution in [0.25, 0.3) is 54.4 Å². The molecule has 11 heteroatoms. The zero-order valence-electron chi connectivity index (χ0n) is 27.3. The van der Waals surface area contributed by atoms with Crippen LogP contribution >= 0.6 is 22.7 Å². The van der Waals surface area contributed by atoms with Crippen molar-refractivity contribution < 1.29 is 28.7 Å². The predicted molar refractivity (Wildman–Crippen MR) is 204 cm³/mol. The first-order chi connectivity index (χ1) is 25.8. The second kappa shape index (κ2) is 11.7. The highest BCUT2D eigenvalue weighted by Gasteiger charge is 2.36. The van der Waals surface area contributed by atoms with Crippen molar-refractivity contribution in [2.75, 3.05) is 0 Å². The summed E-state index contributed by atoms with van der Waals surface area (Å²) in [5.74, 6) is -1.57. The summed E-state index contributed by atoms with van der Waals surface area (Å²) < 4.78 is 8.11. The Kier molecular flexibility index (Phi) is 6.84. The molecule has 0 amide bonds. The third-order valence-electron chi connectivity index (χ3n) is 9.53. The lowest BCUT2D eigenvalue weighted by Gasteiger charge is -2.06. The zero-order valence-corrected chi connectivity index (χ0v) is 28.9. The molecule has 0 atom stereocenters. The second-order valence-corrected chi connectivity index (χ2v) is 14.8. The number of carbonyl (C=O) groups is 5. The maximum Gasteiger partial charge on any atom is 0.421 e. The standard InChI is InChI=1S/C42H21N3O6S2/c46-34-26-14-22-10-4-5-11-23(22)15-27(26)35(47)30(34)18-32-43-40-38(52-32)39-41(45(40)42(50)51-20-21-8-2-1-3-9-21)44-33(53-39)19-31-36(48)28-16-24-12-6-7-13-25(24)17-29(28)37(31)49/h1-19H,20H2. The molecule has 0 N–H and O–H groups in total. The van der Waals surface area contributed by atoms with Crippen LogP contribution in [0.1, 0.15) is 57.0 Å². The van der Waals surface area contributed by atoms with Crippen LogP contribution in [0.15, 0.2) is 114 Å². The van der Waals surface area contributed by atoms with Crippen molar-refractivity contribution in [1.82, 2.24) is 14.5 Å². The number of ketones is 4. The third-order valence-corrected chi connectivity index (χ3v) is 11.7. The van der Waals surface area contributed by atoms with Gasteiger partial charge in [0.1, 0.15) is 16.6 Å². The van der Waals surface area contributed by atoms with E-state index in [1.54, 1.807) is 24.3 Å². The molecule has 2 aliphatic carbocycles. The number of benzene rings is 5. The number of thiazole rings is 2. The quantitative estimate of drug-likeness (QED) is 0.130. The van der Waals surface area contributed by atoms with E-state index in [1.807, 2.05) is 78.9 Å². The number of ether oxygens (including phenoxy) is 1. The Hall–Kier alpha value is -6.69. The minimum absolute atomic E-state index is 0.00579. The Balaban J connectivity index is 1.07. The third kappa shape index (κ3) is 4.85. The Bertz CT molecular complexity index is 2760. The largest absolute Gasteiger partial charge is 0.444 e. The number of rotatable bonds is 4. The highest BCUT2D eigenvalue weighted by atomic mass is 32.1. The first kappa shape index (κ1) is 31.1. The molecular weight excluding hydrogens is 707 g/mol. The van der Waals surface area contributed by atoms with Gasteiger partial charge in [-0.1, -0.05) is 78.9 Å². The summed E-state index contributed by atoms with van der Waals surface area (Å²) in [5, 5.41) is 4.10. The van der Waals surface area contributed by atoms with E-state index >= 15 is 0 Å². The lowest BCUT2D eigenvalue weighted by atomic mass is 10.0. The summed E-state index contributed by atoms with van der Waals surface area (Å²) in [5.41, 5.74) is 2.61.